The molecule has 0 aliphatic carbocycles. The molecule has 0 spiro atoms. The van der Waals surface area contributed by atoms with E-state index in [1.54, 1.807) is 16.8 Å². The average molecular weight is 400 g/mol. The van der Waals surface area contributed by atoms with Crippen molar-refractivity contribution in [2.24, 2.45) is 0 Å². The normalized spacial score (nSPS) is 20.7. The van der Waals surface area contributed by atoms with Crippen molar-refractivity contribution >= 4 is 41.2 Å². The lowest BCUT2D eigenvalue weighted by molar-refractivity contribution is -0.140. The maximum absolute atomic E-state index is 13.0. The maximum Gasteiger partial charge on any atom is 0.233 e. The molecule has 1 fully saturated rings. The van der Waals surface area contributed by atoms with Crippen LogP contribution >= 0.6 is 35.3 Å². The Hall–Kier alpha value is -1.29. The lowest BCUT2D eigenvalue weighted by atomic mass is 10.2. The summed E-state index contributed by atoms with van der Waals surface area (Å²) in [6, 6.07) is 5.99. The lowest BCUT2D eigenvalue weighted by Crippen LogP contribution is -2.48. The van der Waals surface area contributed by atoms with Crippen LogP contribution in [0.5, 0.6) is 0 Å². The van der Waals surface area contributed by atoms with Gasteiger partial charge in [0.1, 0.15) is 5.82 Å². The molecule has 134 valence electrons. The standard InChI is InChI=1S/C16H18FN3O2S3/c1-10-7-19(8-11(2)22-10)14(21)9-24-15-18-20(16(23)25-15)13-5-3-12(17)4-6-13/h3-6,10-11H,7-9H2,1-2H3/t10-,11-/m1/s1. The molecule has 2 heterocycles. The summed E-state index contributed by atoms with van der Waals surface area (Å²) < 4.78 is 21.6. The van der Waals surface area contributed by atoms with Crippen molar-refractivity contribution in [3.63, 3.8) is 0 Å². The van der Waals surface area contributed by atoms with Crippen LogP contribution in [0.15, 0.2) is 28.6 Å². The summed E-state index contributed by atoms with van der Waals surface area (Å²) in [5.74, 6) is 0.0756. The SMILES string of the molecule is C[C@@H]1CN(C(=O)CSc2nn(-c3ccc(F)cc3)c(=S)s2)C[C@@H](C)O1. The van der Waals surface area contributed by atoms with Gasteiger partial charge < -0.3 is 9.64 Å². The van der Waals surface area contributed by atoms with Gasteiger partial charge in [-0.1, -0.05) is 23.1 Å². The summed E-state index contributed by atoms with van der Waals surface area (Å²) >= 11 is 8.04. The molecule has 0 bridgehead atoms. The number of thioether (sulfide) groups is 1. The number of carbonyl (C=O) groups is 1. The van der Waals surface area contributed by atoms with E-state index in [4.69, 9.17) is 17.0 Å². The third kappa shape index (κ3) is 4.66. The molecular weight excluding hydrogens is 381 g/mol. The number of carbonyl (C=O) groups excluding carboxylic acids is 1. The molecule has 0 saturated carbocycles. The van der Waals surface area contributed by atoms with Crippen molar-refractivity contribution in [1.29, 1.82) is 0 Å². The van der Waals surface area contributed by atoms with Gasteiger partial charge in [-0.05, 0) is 50.3 Å². The van der Waals surface area contributed by atoms with Gasteiger partial charge in [0.15, 0.2) is 8.29 Å². The molecule has 2 atom stereocenters. The first kappa shape index (κ1) is 18.5. The van der Waals surface area contributed by atoms with Crippen LogP contribution < -0.4 is 0 Å². The number of ether oxygens (including phenoxy) is 1. The lowest BCUT2D eigenvalue weighted by Gasteiger charge is -2.35. The molecule has 0 unspecified atom stereocenters. The molecule has 1 aromatic heterocycles. The van der Waals surface area contributed by atoms with E-state index in [9.17, 15) is 9.18 Å². The van der Waals surface area contributed by atoms with Gasteiger partial charge in [0.25, 0.3) is 0 Å². The van der Waals surface area contributed by atoms with E-state index in [2.05, 4.69) is 5.10 Å². The fourth-order valence-corrected chi connectivity index (χ4v) is 4.92. The predicted octanol–water partition coefficient (Wildman–Crippen LogP) is 3.53. The molecule has 25 heavy (non-hydrogen) atoms. The van der Waals surface area contributed by atoms with Gasteiger partial charge in [0.2, 0.25) is 5.91 Å². The monoisotopic (exact) mass is 399 g/mol. The van der Waals surface area contributed by atoms with Crippen LogP contribution in [0, 0.1) is 9.77 Å². The fourth-order valence-electron chi connectivity index (χ4n) is 2.66. The summed E-state index contributed by atoms with van der Waals surface area (Å²) in [6.45, 7) is 5.17. The van der Waals surface area contributed by atoms with E-state index in [1.165, 1.54) is 35.2 Å². The first-order valence-electron chi connectivity index (χ1n) is 7.84. The van der Waals surface area contributed by atoms with Gasteiger partial charge in [-0.15, -0.1) is 5.10 Å². The number of halogens is 1. The number of benzene rings is 1. The Kier molecular flexibility index (Phi) is 5.88. The minimum Gasteiger partial charge on any atom is -0.372 e. The van der Waals surface area contributed by atoms with E-state index < -0.39 is 0 Å². The third-order valence-corrected chi connectivity index (χ3v) is 6.04. The molecule has 1 aromatic carbocycles. The number of aromatic nitrogens is 2. The summed E-state index contributed by atoms with van der Waals surface area (Å²) in [6.07, 6.45) is 0.106. The first-order chi connectivity index (χ1) is 11.9. The van der Waals surface area contributed by atoms with Gasteiger partial charge in [-0.25, -0.2) is 9.07 Å². The van der Waals surface area contributed by atoms with Crippen LogP contribution in [0.3, 0.4) is 0 Å². The van der Waals surface area contributed by atoms with Crippen LogP contribution in [0.4, 0.5) is 4.39 Å². The molecule has 0 N–H and O–H groups in total. The summed E-state index contributed by atoms with van der Waals surface area (Å²) in [5.41, 5.74) is 0.705. The van der Waals surface area contributed by atoms with Crippen molar-refractivity contribution in [2.45, 2.75) is 30.4 Å². The van der Waals surface area contributed by atoms with E-state index in [0.717, 1.165) is 4.34 Å². The summed E-state index contributed by atoms with van der Waals surface area (Å²) in [5, 5.41) is 4.43. The molecule has 1 amide bonds. The minimum absolute atomic E-state index is 0.0532. The third-order valence-electron chi connectivity index (χ3n) is 3.69. The molecule has 3 rings (SSSR count). The number of hydrogen-bond donors (Lipinski definition) is 0. The van der Waals surface area contributed by atoms with E-state index >= 15 is 0 Å². The molecule has 1 saturated heterocycles. The van der Waals surface area contributed by atoms with Crippen molar-refractivity contribution in [1.82, 2.24) is 14.7 Å². The van der Waals surface area contributed by atoms with Gasteiger partial charge >= 0.3 is 0 Å². The minimum atomic E-state index is -0.306. The van der Waals surface area contributed by atoms with Crippen molar-refractivity contribution < 1.29 is 13.9 Å². The predicted molar refractivity (Wildman–Crippen MR) is 99.5 cm³/mol. The van der Waals surface area contributed by atoms with Gasteiger partial charge in [-0.3, -0.25) is 4.79 Å². The van der Waals surface area contributed by atoms with Crippen LogP contribution in [0.25, 0.3) is 5.69 Å². The Morgan fingerprint density at radius 1 is 1.36 bits per heavy atom. The number of nitrogens with zero attached hydrogens (tertiary/aromatic N) is 3. The van der Waals surface area contributed by atoms with Crippen molar-refractivity contribution in [3.8, 4) is 5.69 Å². The van der Waals surface area contributed by atoms with E-state index in [-0.39, 0.29) is 23.9 Å². The number of amides is 1. The Morgan fingerprint density at radius 2 is 2.00 bits per heavy atom. The smallest absolute Gasteiger partial charge is 0.233 e. The summed E-state index contributed by atoms with van der Waals surface area (Å²) in [7, 11) is 0. The van der Waals surface area contributed by atoms with Gasteiger partial charge in [0, 0.05) is 13.1 Å². The number of rotatable bonds is 4. The second-order valence-electron chi connectivity index (χ2n) is 5.87. The second-order valence-corrected chi connectivity index (χ2v) is 8.71. The summed E-state index contributed by atoms with van der Waals surface area (Å²) in [4.78, 5) is 14.2. The number of morpholine rings is 1. The average Bonchev–Trinajstić information content (AvgIpc) is 2.93. The molecular formula is C16H18FN3O2S3. The highest BCUT2D eigenvalue weighted by Crippen LogP contribution is 2.25. The molecule has 5 nitrogen and oxygen atoms in total. The van der Waals surface area contributed by atoms with Crippen LogP contribution in [0.1, 0.15) is 13.8 Å². The highest BCUT2D eigenvalue weighted by molar-refractivity contribution is 8.01. The van der Waals surface area contributed by atoms with Gasteiger partial charge in [0.05, 0.1) is 23.6 Å². The van der Waals surface area contributed by atoms with Crippen molar-refractivity contribution in [2.75, 3.05) is 18.8 Å². The zero-order chi connectivity index (χ0) is 18.0. The van der Waals surface area contributed by atoms with Crippen LogP contribution in [0.2, 0.25) is 0 Å². The highest BCUT2D eigenvalue weighted by atomic mass is 32.2. The molecule has 0 radical (unpaired) electrons. The molecule has 1 aliphatic rings. The quantitative estimate of drug-likeness (QED) is 0.581. The van der Waals surface area contributed by atoms with E-state index in [1.807, 2.05) is 18.7 Å². The number of hydrogen-bond acceptors (Lipinski definition) is 6. The molecule has 9 heteroatoms. The molecule has 1 aliphatic heterocycles. The van der Waals surface area contributed by atoms with Crippen LogP contribution in [-0.4, -0.2) is 51.6 Å². The zero-order valence-corrected chi connectivity index (χ0v) is 16.3. The Labute approximate surface area is 158 Å². The molecule has 2 aromatic rings. The van der Waals surface area contributed by atoms with Crippen LogP contribution in [-0.2, 0) is 9.53 Å². The maximum atomic E-state index is 13.0. The topological polar surface area (TPSA) is 47.4 Å². The van der Waals surface area contributed by atoms with Gasteiger partial charge in [-0.2, -0.15) is 0 Å². The highest BCUT2D eigenvalue weighted by Gasteiger charge is 2.25. The zero-order valence-electron chi connectivity index (χ0n) is 13.8. The van der Waals surface area contributed by atoms with Crippen molar-refractivity contribution in [3.05, 3.63) is 34.0 Å². The Morgan fingerprint density at radius 3 is 2.64 bits per heavy atom. The largest absolute Gasteiger partial charge is 0.372 e. The van der Waals surface area contributed by atoms with E-state index in [0.29, 0.717) is 28.5 Å². The Balaban J connectivity index is 1.64. The first-order valence-corrected chi connectivity index (χ1v) is 10.1. The second kappa shape index (κ2) is 7.94. The Bertz CT molecular complexity index is 796. The fraction of sp³-hybridized carbons (Fsp3) is 0.438.